The second kappa shape index (κ2) is 7.84. The van der Waals surface area contributed by atoms with Gasteiger partial charge in [-0.25, -0.2) is 9.97 Å². The van der Waals surface area contributed by atoms with Crippen LogP contribution in [0.15, 0.2) is 36.8 Å². The molecule has 3 heterocycles. The molecule has 6 heteroatoms. The summed E-state index contributed by atoms with van der Waals surface area (Å²) in [5.41, 5.74) is 5.39. The van der Waals surface area contributed by atoms with Crippen molar-refractivity contribution in [2.24, 2.45) is 13.0 Å². The van der Waals surface area contributed by atoms with E-state index in [0.29, 0.717) is 5.92 Å². The van der Waals surface area contributed by atoms with Crippen LogP contribution in [0.1, 0.15) is 37.4 Å². The van der Waals surface area contributed by atoms with E-state index in [-0.39, 0.29) is 6.04 Å². The zero-order valence-corrected chi connectivity index (χ0v) is 17.6. The number of pyridine rings is 1. The van der Waals surface area contributed by atoms with Gasteiger partial charge < -0.3 is 9.47 Å². The second-order valence-electron chi connectivity index (χ2n) is 8.11. The lowest BCUT2D eigenvalue weighted by atomic mass is 10.00. The molecular weight excluding hydrogens is 360 g/mol. The number of likely N-dealkylation sites (tertiary alicyclic amines) is 1. The van der Waals surface area contributed by atoms with Crippen molar-refractivity contribution in [3.05, 3.63) is 47.9 Å². The molecule has 150 valence electrons. The number of hydrogen-bond donors (Lipinski definition) is 0. The molecule has 0 radical (unpaired) electrons. The van der Waals surface area contributed by atoms with E-state index in [1.54, 1.807) is 0 Å². The highest BCUT2D eigenvalue weighted by Gasteiger charge is 2.27. The molecule has 1 aromatic carbocycles. The van der Waals surface area contributed by atoms with E-state index in [9.17, 15) is 5.26 Å². The van der Waals surface area contributed by atoms with Gasteiger partial charge in [-0.3, -0.25) is 4.90 Å². The van der Waals surface area contributed by atoms with Gasteiger partial charge in [-0.15, -0.1) is 0 Å². The molecule has 2 unspecified atom stereocenters. The van der Waals surface area contributed by atoms with Crippen LogP contribution < -0.4 is 4.90 Å². The molecule has 1 saturated heterocycles. The maximum absolute atomic E-state index is 9.83. The van der Waals surface area contributed by atoms with Crippen LogP contribution >= 0.6 is 0 Å². The molecule has 1 aliphatic heterocycles. The van der Waals surface area contributed by atoms with Crippen molar-refractivity contribution < 1.29 is 0 Å². The van der Waals surface area contributed by atoms with Crippen LogP contribution in [0, 0.1) is 17.2 Å². The summed E-state index contributed by atoms with van der Waals surface area (Å²) in [5, 5.41) is 9.83. The molecule has 0 aliphatic carbocycles. The third kappa shape index (κ3) is 3.58. The molecule has 0 bridgehead atoms. The molecule has 6 nitrogen and oxygen atoms in total. The fourth-order valence-electron chi connectivity index (χ4n) is 4.28. The molecule has 2 aromatic heterocycles. The average Bonchev–Trinajstić information content (AvgIpc) is 3.33. The number of benzene rings is 1. The zero-order chi connectivity index (χ0) is 20.5. The number of nitriles is 1. The Morgan fingerprint density at radius 1 is 1.31 bits per heavy atom. The van der Waals surface area contributed by atoms with Crippen LogP contribution in [0.2, 0.25) is 0 Å². The number of fused-ring (bicyclic) bond motifs is 1. The smallest absolute Gasteiger partial charge is 0.134 e. The SMILES string of the molecule is CCc1cc(C(C#N)N2CCC(C)C2)ccc1N(C)c1cc2c(cn1)ncn2C. The number of imidazole rings is 1. The monoisotopic (exact) mass is 388 g/mol. The van der Waals surface area contributed by atoms with Gasteiger partial charge in [0.2, 0.25) is 0 Å². The van der Waals surface area contributed by atoms with Gasteiger partial charge in [-0.2, -0.15) is 5.26 Å². The first-order valence-electron chi connectivity index (χ1n) is 10.3. The molecule has 1 fully saturated rings. The fourth-order valence-corrected chi connectivity index (χ4v) is 4.28. The summed E-state index contributed by atoms with van der Waals surface area (Å²) in [5.74, 6) is 1.55. The lowest BCUT2D eigenvalue weighted by molar-refractivity contribution is 0.285. The van der Waals surface area contributed by atoms with Gasteiger partial charge in [0.1, 0.15) is 17.4 Å². The lowest BCUT2D eigenvalue weighted by Gasteiger charge is -2.25. The topological polar surface area (TPSA) is 61.0 Å². The van der Waals surface area contributed by atoms with Gasteiger partial charge >= 0.3 is 0 Å². The van der Waals surface area contributed by atoms with E-state index in [1.807, 2.05) is 31.2 Å². The summed E-state index contributed by atoms with van der Waals surface area (Å²) in [7, 11) is 4.04. The number of hydrogen-bond acceptors (Lipinski definition) is 5. The predicted octanol–water partition coefficient (Wildman–Crippen LogP) is 4.21. The predicted molar refractivity (Wildman–Crippen MR) is 116 cm³/mol. The number of nitrogens with zero attached hydrogens (tertiary/aromatic N) is 6. The lowest BCUT2D eigenvalue weighted by Crippen LogP contribution is -2.25. The highest BCUT2D eigenvalue weighted by molar-refractivity contribution is 5.79. The van der Waals surface area contributed by atoms with Crippen LogP contribution in [0.25, 0.3) is 11.0 Å². The van der Waals surface area contributed by atoms with Crippen molar-refractivity contribution >= 4 is 22.5 Å². The van der Waals surface area contributed by atoms with Gasteiger partial charge in [0, 0.05) is 38.9 Å². The molecule has 0 N–H and O–H groups in total. The maximum atomic E-state index is 9.83. The Morgan fingerprint density at radius 2 is 2.14 bits per heavy atom. The summed E-state index contributed by atoms with van der Waals surface area (Å²) >= 11 is 0. The highest BCUT2D eigenvalue weighted by Crippen LogP contribution is 2.33. The highest BCUT2D eigenvalue weighted by atomic mass is 15.2. The van der Waals surface area contributed by atoms with Crippen molar-refractivity contribution in [2.75, 3.05) is 25.0 Å². The van der Waals surface area contributed by atoms with Crippen molar-refractivity contribution in [3.63, 3.8) is 0 Å². The molecule has 2 atom stereocenters. The van der Waals surface area contributed by atoms with Crippen LogP contribution in [-0.2, 0) is 13.5 Å². The number of anilines is 2. The van der Waals surface area contributed by atoms with Crippen LogP contribution in [0.5, 0.6) is 0 Å². The van der Waals surface area contributed by atoms with Crippen molar-refractivity contribution in [1.29, 1.82) is 5.26 Å². The fraction of sp³-hybridized carbons (Fsp3) is 0.435. The normalized spacial score (nSPS) is 18.1. The van der Waals surface area contributed by atoms with Gasteiger partial charge in [-0.1, -0.05) is 26.0 Å². The van der Waals surface area contributed by atoms with E-state index in [0.717, 1.165) is 47.6 Å². The number of aromatic nitrogens is 3. The molecule has 1 aliphatic rings. The number of aryl methyl sites for hydroxylation is 2. The largest absolute Gasteiger partial charge is 0.334 e. The Hall–Kier alpha value is -2.91. The summed E-state index contributed by atoms with van der Waals surface area (Å²) in [6.07, 6.45) is 5.70. The third-order valence-corrected chi connectivity index (χ3v) is 6.05. The summed E-state index contributed by atoms with van der Waals surface area (Å²) in [6, 6.07) is 10.9. The van der Waals surface area contributed by atoms with Crippen LogP contribution in [-0.4, -0.2) is 39.6 Å². The number of rotatable bonds is 5. The van der Waals surface area contributed by atoms with E-state index in [1.165, 1.54) is 12.0 Å². The minimum atomic E-state index is -0.173. The van der Waals surface area contributed by atoms with Crippen LogP contribution in [0.3, 0.4) is 0 Å². The van der Waals surface area contributed by atoms with Crippen LogP contribution in [0.4, 0.5) is 11.5 Å². The first-order valence-corrected chi connectivity index (χ1v) is 10.3. The van der Waals surface area contributed by atoms with E-state index >= 15 is 0 Å². The first-order chi connectivity index (χ1) is 14.0. The first kappa shape index (κ1) is 19.4. The summed E-state index contributed by atoms with van der Waals surface area (Å²) in [6.45, 7) is 6.41. The van der Waals surface area contributed by atoms with E-state index in [4.69, 9.17) is 0 Å². The molecule has 0 saturated carbocycles. The van der Waals surface area contributed by atoms with Crippen molar-refractivity contribution in [3.8, 4) is 6.07 Å². The zero-order valence-electron chi connectivity index (χ0n) is 17.6. The Labute approximate surface area is 172 Å². The Balaban J connectivity index is 1.66. The second-order valence-corrected chi connectivity index (χ2v) is 8.11. The minimum Gasteiger partial charge on any atom is -0.334 e. The van der Waals surface area contributed by atoms with Gasteiger partial charge in [-0.05, 0) is 36.0 Å². The average molecular weight is 389 g/mol. The Kier molecular flexibility index (Phi) is 5.25. The van der Waals surface area contributed by atoms with Gasteiger partial charge in [0.15, 0.2) is 0 Å². The van der Waals surface area contributed by atoms with Crippen molar-refractivity contribution in [2.45, 2.75) is 32.7 Å². The molecule has 3 aromatic rings. The quantitative estimate of drug-likeness (QED) is 0.655. The van der Waals surface area contributed by atoms with E-state index < -0.39 is 0 Å². The molecule has 4 rings (SSSR count). The summed E-state index contributed by atoms with van der Waals surface area (Å²) < 4.78 is 2.01. The molecule has 0 amide bonds. The van der Waals surface area contributed by atoms with Gasteiger partial charge in [0.25, 0.3) is 0 Å². The van der Waals surface area contributed by atoms with E-state index in [2.05, 4.69) is 63.9 Å². The molecular formula is C23H28N6. The third-order valence-electron chi connectivity index (χ3n) is 6.05. The Morgan fingerprint density at radius 3 is 2.83 bits per heavy atom. The van der Waals surface area contributed by atoms with Gasteiger partial charge in [0.05, 0.1) is 24.1 Å². The molecule has 0 spiro atoms. The minimum absolute atomic E-state index is 0.173. The Bertz CT molecular complexity index is 1060. The molecule has 29 heavy (non-hydrogen) atoms. The standard InChI is InChI=1S/C23H28N6/c1-5-17-10-18(22(12-24)29-9-8-16(2)14-29)6-7-20(17)28(4)23-11-21-19(13-25-23)26-15-27(21)3/h6-7,10-11,13,15-16,22H,5,8-9,14H2,1-4H3. The maximum Gasteiger partial charge on any atom is 0.134 e. The summed E-state index contributed by atoms with van der Waals surface area (Å²) in [4.78, 5) is 13.4. The van der Waals surface area contributed by atoms with Crippen molar-refractivity contribution in [1.82, 2.24) is 19.4 Å².